The summed E-state index contributed by atoms with van der Waals surface area (Å²) in [4.78, 5) is 17.6. The predicted molar refractivity (Wildman–Crippen MR) is 110 cm³/mol. The van der Waals surface area contributed by atoms with Crippen LogP contribution < -0.4 is 5.32 Å². The minimum Gasteiger partial charge on any atom is -0.321 e. The number of carbonyl (C=O) groups excluding carboxylic acids is 1. The number of rotatable bonds is 4. The number of amides is 1. The maximum atomic E-state index is 13.2. The fourth-order valence-corrected chi connectivity index (χ4v) is 3.67. The maximum absolute atomic E-state index is 13.2. The highest BCUT2D eigenvalue weighted by molar-refractivity contribution is 6.09. The molecule has 2 aromatic heterocycles. The lowest BCUT2D eigenvalue weighted by Gasteiger charge is -2.11. The van der Waals surface area contributed by atoms with Crippen LogP contribution in [0.5, 0.6) is 0 Å². The minimum absolute atomic E-state index is 0.127. The Balaban J connectivity index is 1.54. The van der Waals surface area contributed by atoms with Gasteiger partial charge in [-0.25, -0.2) is 4.68 Å². The van der Waals surface area contributed by atoms with E-state index < -0.39 is 0 Å². The van der Waals surface area contributed by atoms with E-state index in [2.05, 4.69) is 15.4 Å². The molecule has 28 heavy (non-hydrogen) atoms. The number of pyridine rings is 1. The molecule has 1 amide bonds. The highest BCUT2D eigenvalue weighted by Crippen LogP contribution is 2.42. The van der Waals surface area contributed by atoms with Gasteiger partial charge in [-0.2, -0.15) is 5.10 Å². The summed E-state index contributed by atoms with van der Waals surface area (Å²) in [6.07, 6.45) is 5.65. The van der Waals surface area contributed by atoms with Gasteiger partial charge >= 0.3 is 0 Å². The van der Waals surface area contributed by atoms with E-state index in [4.69, 9.17) is 0 Å². The van der Waals surface area contributed by atoms with Gasteiger partial charge in [0.05, 0.1) is 34.3 Å². The number of aromatic nitrogens is 3. The summed E-state index contributed by atoms with van der Waals surface area (Å²) in [5, 5.41) is 8.56. The number of hydrogen-bond acceptors (Lipinski definition) is 3. The van der Waals surface area contributed by atoms with Crippen molar-refractivity contribution in [3.63, 3.8) is 0 Å². The predicted octanol–water partition coefficient (Wildman–Crippen LogP) is 4.86. The Morgan fingerprint density at radius 2 is 1.89 bits per heavy atom. The van der Waals surface area contributed by atoms with Crippen molar-refractivity contribution < 1.29 is 4.79 Å². The van der Waals surface area contributed by atoms with Gasteiger partial charge in [-0.1, -0.05) is 24.3 Å². The second kappa shape index (κ2) is 6.60. The van der Waals surface area contributed by atoms with Crippen molar-refractivity contribution in [1.82, 2.24) is 14.8 Å². The summed E-state index contributed by atoms with van der Waals surface area (Å²) in [5.41, 5.74) is 5.38. The number of aryl methyl sites for hydroxylation is 1. The molecule has 5 nitrogen and oxygen atoms in total. The molecule has 0 radical (unpaired) electrons. The third-order valence-corrected chi connectivity index (χ3v) is 5.24. The van der Waals surface area contributed by atoms with Gasteiger partial charge in [0.15, 0.2) is 0 Å². The molecule has 0 bridgehead atoms. The molecule has 2 aromatic carbocycles. The third kappa shape index (κ3) is 2.85. The highest BCUT2D eigenvalue weighted by atomic mass is 16.1. The van der Waals surface area contributed by atoms with E-state index in [0.29, 0.717) is 11.5 Å². The summed E-state index contributed by atoms with van der Waals surface area (Å²) in [7, 11) is 0. The quantitative estimate of drug-likeness (QED) is 0.560. The molecule has 0 saturated heterocycles. The molecular formula is C23H20N4O. The van der Waals surface area contributed by atoms with Gasteiger partial charge in [0.25, 0.3) is 5.91 Å². The lowest BCUT2D eigenvalue weighted by Crippen LogP contribution is -2.14. The van der Waals surface area contributed by atoms with E-state index in [1.54, 1.807) is 12.4 Å². The molecule has 1 aliphatic rings. The van der Waals surface area contributed by atoms with Crippen LogP contribution in [0.1, 0.15) is 40.4 Å². The molecule has 1 N–H and O–H groups in total. The van der Waals surface area contributed by atoms with Gasteiger partial charge < -0.3 is 5.32 Å². The van der Waals surface area contributed by atoms with Gasteiger partial charge in [-0.15, -0.1) is 0 Å². The van der Waals surface area contributed by atoms with Crippen LogP contribution >= 0.6 is 0 Å². The highest BCUT2D eigenvalue weighted by Gasteiger charge is 2.33. The molecule has 0 aliphatic heterocycles. The van der Waals surface area contributed by atoms with Crippen LogP contribution in [0, 0.1) is 6.92 Å². The van der Waals surface area contributed by atoms with E-state index in [0.717, 1.165) is 46.4 Å². The molecule has 5 heteroatoms. The molecular weight excluding hydrogens is 348 g/mol. The summed E-state index contributed by atoms with van der Waals surface area (Å²) in [6.45, 7) is 2.02. The first-order valence-electron chi connectivity index (χ1n) is 9.51. The number of benzene rings is 2. The van der Waals surface area contributed by atoms with Crippen LogP contribution in [0.4, 0.5) is 5.69 Å². The SMILES string of the molecule is Cc1ccc(NC(=O)c2cnn(-c3ccccc3)c2C2CC2)c2cccnc12. The van der Waals surface area contributed by atoms with Crippen LogP contribution in [-0.4, -0.2) is 20.7 Å². The van der Waals surface area contributed by atoms with Crippen molar-refractivity contribution in [2.45, 2.75) is 25.7 Å². The Hall–Kier alpha value is -3.47. The summed E-state index contributed by atoms with van der Waals surface area (Å²) in [5.74, 6) is 0.262. The number of hydrogen-bond donors (Lipinski definition) is 1. The Bertz CT molecular complexity index is 1180. The zero-order valence-corrected chi connectivity index (χ0v) is 15.6. The molecule has 0 spiro atoms. The van der Waals surface area contributed by atoms with Crippen molar-refractivity contribution in [2.75, 3.05) is 5.32 Å². The van der Waals surface area contributed by atoms with E-state index in [9.17, 15) is 4.79 Å². The van der Waals surface area contributed by atoms with Gasteiger partial charge in [-0.05, 0) is 55.7 Å². The summed E-state index contributed by atoms with van der Waals surface area (Å²) >= 11 is 0. The van der Waals surface area contributed by atoms with E-state index in [1.165, 1.54) is 0 Å². The zero-order valence-electron chi connectivity index (χ0n) is 15.6. The molecule has 2 heterocycles. The first kappa shape index (κ1) is 16.7. The van der Waals surface area contributed by atoms with Gasteiger partial charge in [0.1, 0.15) is 0 Å². The van der Waals surface area contributed by atoms with Gasteiger partial charge in [0.2, 0.25) is 0 Å². The van der Waals surface area contributed by atoms with Crippen molar-refractivity contribution in [3.05, 3.63) is 83.8 Å². The second-order valence-electron chi connectivity index (χ2n) is 7.25. The Morgan fingerprint density at radius 3 is 2.68 bits per heavy atom. The first-order valence-corrected chi connectivity index (χ1v) is 9.51. The average molecular weight is 368 g/mol. The molecule has 1 saturated carbocycles. The molecule has 0 unspecified atom stereocenters. The van der Waals surface area contributed by atoms with E-state index in [1.807, 2.05) is 66.2 Å². The first-order chi connectivity index (χ1) is 13.7. The normalized spacial score (nSPS) is 13.6. The maximum Gasteiger partial charge on any atom is 0.259 e. The Morgan fingerprint density at radius 1 is 1.07 bits per heavy atom. The van der Waals surface area contributed by atoms with E-state index in [-0.39, 0.29) is 5.91 Å². The molecule has 0 atom stereocenters. The summed E-state index contributed by atoms with van der Waals surface area (Å²) in [6, 6.07) is 17.8. The van der Waals surface area contributed by atoms with Crippen LogP contribution in [0.3, 0.4) is 0 Å². The smallest absolute Gasteiger partial charge is 0.259 e. The van der Waals surface area contributed by atoms with E-state index >= 15 is 0 Å². The minimum atomic E-state index is -0.127. The third-order valence-electron chi connectivity index (χ3n) is 5.24. The number of nitrogens with zero attached hydrogens (tertiary/aromatic N) is 3. The lowest BCUT2D eigenvalue weighted by molar-refractivity contribution is 0.102. The number of anilines is 1. The fraction of sp³-hybridized carbons (Fsp3) is 0.174. The molecule has 5 rings (SSSR count). The number of nitrogens with one attached hydrogen (secondary N) is 1. The van der Waals surface area contributed by atoms with Crippen molar-refractivity contribution in [3.8, 4) is 5.69 Å². The van der Waals surface area contributed by atoms with Crippen molar-refractivity contribution in [1.29, 1.82) is 0 Å². The van der Waals surface area contributed by atoms with Crippen LogP contribution in [0.2, 0.25) is 0 Å². The average Bonchev–Trinajstić information content (AvgIpc) is 3.48. The Labute approximate surface area is 163 Å². The second-order valence-corrected chi connectivity index (χ2v) is 7.25. The van der Waals surface area contributed by atoms with Gasteiger partial charge in [-0.3, -0.25) is 9.78 Å². The van der Waals surface area contributed by atoms with Crippen LogP contribution in [-0.2, 0) is 0 Å². The van der Waals surface area contributed by atoms with Crippen molar-refractivity contribution >= 4 is 22.5 Å². The molecule has 138 valence electrons. The molecule has 1 aliphatic carbocycles. The summed E-state index contributed by atoms with van der Waals surface area (Å²) < 4.78 is 1.90. The van der Waals surface area contributed by atoms with Crippen molar-refractivity contribution in [2.24, 2.45) is 0 Å². The Kier molecular flexibility index (Phi) is 3.93. The number of fused-ring (bicyclic) bond motifs is 1. The van der Waals surface area contributed by atoms with Crippen LogP contribution in [0.25, 0.3) is 16.6 Å². The van der Waals surface area contributed by atoms with Crippen LogP contribution in [0.15, 0.2) is 67.0 Å². The molecule has 4 aromatic rings. The number of para-hydroxylation sites is 1. The zero-order chi connectivity index (χ0) is 19.1. The fourth-order valence-electron chi connectivity index (χ4n) is 3.67. The standard InChI is InChI=1S/C23H20N4O/c1-15-9-12-20(18-8-5-13-24-21(15)18)26-23(28)19-14-25-27(22(19)16-10-11-16)17-6-3-2-4-7-17/h2-9,12-14,16H,10-11H2,1H3,(H,26,28). The largest absolute Gasteiger partial charge is 0.321 e. The number of carbonyl (C=O) groups is 1. The topological polar surface area (TPSA) is 59.8 Å². The van der Waals surface area contributed by atoms with Gasteiger partial charge in [0, 0.05) is 17.5 Å². The monoisotopic (exact) mass is 368 g/mol. The molecule has 1 fully saturated rings. The lowest BCUT2D eigenvalue weighted by atomic mass is 10.1.